The Morgan fingerprint density at radius 1 is 1.59 bits per heavy atom. The van der Waals surface area contributed by atoms with Gasteiger partial charge in [-0.05, 0) is 12.8 Å². The highest BCUT2D eigenvalue weighted by molar-refractivity contribution is 9.09. The van der Waals surface area contributed by atoms with Crippen LogP contribution in [-0.4, -0.2) is 33.2 Å². The molecule has 0 saturated carbocycles. The molecule has 0 aromatic carbocycles. The zero-order chi connectivity index (χ0) is 12.3. The lowest BCUT2D eigenvalue weighted by molar-refractivity contribution is -0.385. The van der Waals surface area contributed by atoms with Crippen molar-refractivity contribution in [2.75, 3.05) is 18.5 Å². The van der Waals surface area contributed by atoms with Gasteiger partial charge in [0.1, 0.15) is 12.4 Å². The number of nitro groups is 1. The van der Waals surface area contributed by atoms with Crippen LogP contribution in [0.5, 0.6) is 0 Å². The first-order valence-corrected chi connectivity index (χ1v) is 6.58. The summed E-state index contributed by atoms with van der Waals surface area (Å²) in [6, 6.07) is 0. The molecule has 2 heterocycles. The minimum absolute atomic E-state index is 0.0433. The van der Waals surface area contributed by atoms with Crippen molar-refractivity contribution < 1.29 is 9.66 Å². The largest absolute Gasteiger partial charge is 0.381 e. The van der Waals surface area contributed by atoms with E-state index in [9.17, 15) is 10.1 Å². The van der Waals surface area contributed by atoms with Crippen LogP contribution in [0.1, 0.15) is 12.8 Å². The highest BCUT2D eigenvalue weighted by atomic mass is 79.9. The molecule has 0 bridgehead atoms. The number of aromatic nitrogens is 2. The maximum atomic E-state index is 10.6. The Bertz CT molecular complexity index is 401. The molecule has 6 nitrogen and oxygen atoms in total. The number of nitrogens with zero attached hydrogens (tertiary/aromatic N) is 3. The van der Waals surface area contributed by atoms with Crippen LogP contribution >= 0.6 is 15.9 Å². The molecule has 0 atom stereocenters. The van der Waals surface area contributed by atoms with Crippen LogP contribution in [0.25, 0.3) is 0 Å². The lowest BCUT2D eigenvalue weighted by Gasteiger charge is -2.35. The van der Waals surface area contributed by atoms with Crippen molar-refractivity contribution in [3.63, 3.8) is 0 Å². The van der Waals surface area contributed by atoms with Crippen molar-refractivity contribution in [3.05, 3.63) is 22.5 Å². The second kappa shape index (κ2) is 5.14. The van der Waals surface area contributed by atoms with Gasteiger partial charge in [-0.3, -0.25) is 14.8 Å². The summed E-state index contributed by atoms with van der Waals surface area (Å²) in [5.41, 5.74) is 0.139. The normalized spacial score (nSPS) is 19.1. The summed E-state index contributed by atoms with van der Waals surface area (Å²) in [5.74, 6) is 0. The minimum atomic E-state index is -0.422. The second-order valence-electron chi connectivity index (χ2n) is 4.40. The van der Waals surface area contributed by atoms with Gasteiger partial charge < -0.3 is 4.74 Å². The van der Waals surface area contributed by atoms with Crippen LogP contribution in [0.4, 0.5) is 5.69 Å². The minimum Gasteiger partial charge on any atom is -0.381 e. The molecule has 0 N–H and O–H groups in total. The lowest BCUT2D eigenvalue weighted by atomic mass is 9.82. The average molecular weight is 304 g/mol. The summed E-state index contributed by atoms with van der Waals surface area (Å²) in [5, 5.41) is 15.5. The molecular weight excluding hydrogens is 290 g/mol. The molecule has 1 aliphatic rings. The van der Waals surface area contributed by atoms with Crippen molar-refractivity contribution >= 4 is 21.6 Å². The number of rotatable bonds is 4. The monoisotopic (exact) mass is 303 g/mol. The Morgan fingerprint density at radius 3 is 2.82 bits per heavy atom. The van der Waals surface area contributed by atoms with E-state index in [4.69, 9.17) is 4.74 Å². The van der Waals surface area contributed by atoms with Crippen LogP contribution in [0, 0.1) is 15.5 Å². The molecule has 2 rings (SSSR count). The topological polar surface area (TPSA) is 70.2 Å². The van der Waals surface area contributed by atoms with Gasteiger partial charge in [0.25, 0.3) is 0 Å². The zero-order valence-electron chi connectivity index (χ0n) is 9.34. The third-order valence-electron chi connectivity index (χ3n) is 3.16. The van der Waals surface area contributed by atoms with Crippen molar-refractivity contribution in [1.82, 2.24) is 9.78 Å². The molecule has 17 heavy (non-hydrogen) atoms. The van der Waals surface area contributed by atoms with E-state index < -0.39 is 4.92 Å². The van der Waals surface area contributed by atoms with Crippen LogP contribution < -0.4 is 0 Å². The van der Waals surface area contributed by atoms with E-state index in [1.165, 1.54) is 12.4 Å². The fourth-order valence-corrected chi connectivity index (χ4v) is 2.75. The van der Waals surface area contributed by atoms with E-state index in [1.54, 1.807) is 4.68 Å². The van der Waals surface area contributed by atoms with E-state index >= 15 is 0 Å². The summed E-state index contributed by atoms with van der Waals surface area (Å²) in [6.45, 7) is 2.18. The van der Waals surface area contributed by atoms with Crippen LogP contribution in [0.2, 0.25) is 0 Å². The molecule has 0 radical (unpaired) electrons. The molecule has 7 heteroatoms. The molecule has 0 unspecified atom stereocenters. The van der Waals surface area contributed by atoms with Gasteiger partial charge in [-0.1, -0.05) is 15.9 Å². The summed E-state index contributed by atoms with van der Waals surface area (Å²) in [4.78, 5) is 10.2. The predicted molar refractivity (Wildman–Crippen MR) is 65.2 cm³/mol. The standard InChI is InChI=1S/C10H14BrN3O3/c11-7-10(1-3-17-4-2-10)8-13-6-9(5-12-13)14(15)16/h5-6H,1-4,7-8H2. The number of hydrogen-bond acceptors (Lipinski definition) is 4. The Labute approximate surface area is 107 Å². The Kier molecular flexibility index (Phi) is 3.78. The van der Waals surface area contributed by atoms with Gasteiger partial charge in [0.2, 0.25) is 0 Å². The van der Waals surface area contributed by atoms with Gasteiger partial charge in [-0.2, -0.15) is 5.10 Å². The van der Waals surface area contributed by atoms with Crippen LogP contribution in [0.15, 0.2) is 12.4 Å². The summed E-state index contributed by atoms with van der Waals surface area (Å²) in [6.07, 6.45) is 4.68. The smallest absolute Gasteiger partial charge is 0.306 e. The molecular formula is C10H14BrN3O3. The third kappa shape index (κ3) is 2.84. The molecule has 0 spiro atoms. The van der Waals surface area contributed by atoms with Gasteiger partial charge in [-0.25, -0.2) is 0 Å². The van der Waals surface area contributed by atoms with E-state index in [0.29, 0.717) is 6.54 Å². The van der Waals surface area contributed by atoms with Gasteiger partial charge >= 0.3 is 5.69 Å². The molecule has 1 aliphatic heterocycles. The Hall–Kier alpha value is -0.950. The first-order valence-electron chi connectivity index (χ1n) is 5.46. The molecule has 94 valence electrons. The van der Waals surface area contributed by atoms with E-state index in [2.05, 4.69) is 21.0 Å². The second-order valence-corrected chi connectivity index (χ2v) is 4.96. The maximum absolute atomic E-state index is 10.6. The van der Waals surface area contributed by atoms with Crippen molar-refractivity contribution in [3.8, 4) is 0 Å². The van der Waals surface area contributed by atoms with Crippen LogP contribution in [0.3, 0.4) is 0 Å². The Morgan fingerprint density at radius 2 is 2.29 bits per heavy atom. The molecule has 0 aliphatic carbocycles. The first-order chi connectivity index (χ1) is 8.15. The average Bonchev–Trinajstić information content (AvgIpc) is 2.79. The predicted octanol–water partition coefficient (Wildman–Crippen LogP) is 1.98. The fraction of sp³-hybridized carbons (Fsp3) is 0.700. The highest BCUT2D eigenvalue weighted by Gasteiger charge is 2.32. The quantitative estimate of drug-likeness (QED) is 0.484. The third-order valence-corrected chi connectivity index (χ3v) is 4.35. The molecule has 1 saturated heterocycles. The van der Waals surface area contributed by atoms with Crippen LogP contribution in [-0.2, 0) is 11.3 Å². The number of halogens is 1. The van der Waals surface area contributed by atoms with Gasteiger partial charge in [0.15, 0.2) is 0 Å². The van der Waals surface area contributed by atoms with Crippen molar-refractivity contribution in [2.45, 2.75) is 19.4 Å². The highest BCUT2D eigenvalue weighted by Crippen LogP contribution is 2.34. The number of hydrogen-bond donors (Lipinski definition) is 0. The maximum Gasteiger partial charge on any atom is 0.306 e. The number of ether oxygens (including phenoxy) is 1. The molecule has 1 aromatic heterocycles. The van der Waals surface area contributed by atoms with E-state index in [0.717, 1.165) is 31.4 Å². The van der Waals surface area contributed by atoms with Gasteiger partial charge in [0.05, 0.1) is 4.92 Å². The van der Waals surface area contributed by atoms with Gasteiger partial charge in [-0.15, -0.1) is 0 Å². The summed E-state index contributed by atoms with van der Waals surface area (Å²) >= 11 is 3.53. The molecule has 0 amide bonds. The Balaban J connectivity index is 2.09. The summed E-state index contributed by atoms with van der Waals surface area (Å²) in [7, 11) is 0. The van der Waals surface area contributed by atoms with Gasteiger partial charge in [0, 0.05) is 30.5 Å². The van der Waals surface area contributed by atoms with Crippen molar-refractivity contribution in [1.29, 1.82) is 0 Å². The fourth-order valence-electron chi connectivity index (χ4n) is 2.02. The van der Waals surface area contributed by atoms with E-state index in [-0.39, 0.29) is 11.1 Å². The molecule has 1 fully saturated rings. The zero-order valence-corrected chi connectivity index (χ0v) is 10.9. The summed E-state index contributed by atoms with van der Waals surface area (Å²) < 4.78 is 7.01. The SMILES string of the molecule is O=[N+]([O-])c1cnn(CC2(CBr)CCOCC2)c1. The first kappa shape index (κ1) is 12.5. The lowest BCUT2D eigenvalue weighted by Crippen LogP contribution is -2.35. The van der Waals surface area contributed by atoms with Crippen molar-refractivity contribution in [2.24, 2.45) is 5.41 Å². The molecule has 1 aromatic rings. The van der Waals surface area contributed by atoms with E-state index in [1.807, 2.05) is 0 Å². The number of alkyl halides is 1.